The van der Waals surface area contributed by atoms with E-state index in [2.05, 4.69) is 30.4 Å². The molecule has 0 unspecified atom stereocenters. The number of likely N-dealkylation sites (tertiary alicyclic amines) is 1. The van der Waals surface area contributed by atoms with Crippen molar-refractivity contribution in [3.05, 3.63) is 30.4 Å². The predicted molar refractivity (Wildman–Crippen MR) is 90.3 cm³/mol. The summed E-state index contributed by atoms with van der Waals surface area (Å²) in [7, 11) is 0. The Morgan fingerprint density at radius 1 is 1.22 bits per heavy atom. The summed E-state index contributed by atoms with van der Waals surface area (Å²) in [6.07, 6.45) is -0.634. The molecule has 1 heterocycles. The number of carbonyl (C=O) groups excluding carboxylic acids is 2. The fraction of sp³-hybridized carbons (Fsp3) is 0.588. The monoisotopic (exact) mass is 345 g/mol. The maximum Gasteiger partial charge on any atom is 0.410 e. The Bertz CT molecular complexity index is 502. The predicted octanol–water partition coefficient (Wildman–Crippen LogP) is 4.39. The van der Waals surface area contributed by atoms with Crippen LogP contribution in [0.5, 0.6) is 0 Å². The van der Waals surface area contributed by atoms with Gasteiger partial charge in [0.25, 0.3) is 5.24 Å². The van der Waals surface area contributed by atoms with Gasteiger partial charge < -0.3 is 9.64 Å². The molecule has 0 radical (unpaired) electrons. The lowest BCUT2D eigenvalue weighted by Gasteiger charge is -2.35. The van der Waals surface area contributed by atoms with Crippen LogP contribution in [-0.2, 0) is 9.53 Å². The third kappa shape index (κ3) is 9.07. The average Bonchev–Trinajstić information content (AvgIpc) is 2.39. The summed E-state index contributed by atoms with van der Waals surface area (Å²) < 4.78 is 19.0. The Hall–Kier alpha value is -1.76. The van der Waals surface area contributed by atoms with E-state index in [0.29, 0.717) is 0 Å². The highest BCUT2D eigenvalue weighted by Gasteiger charge is 2.42. The lowest BCUT2D eigenvalue weighted by atomic mass is 9.95. The second-order valence-corrected chi connectivity index (χ2v) is 6.03. The summed E-state index contributed by atoms with van der Waals surface area (Å²) in [6.45, 7) is 12.0. The second-order valence-electron chi connectivity index (χ2n) is 5.68. The fourth-order valence-corrected chi connectivity index (χ4v) is 1.82. The van der Waals surface area contributed by atoms with Crippen LogP contribution in [0.1, 0.15) is 41.0 Å². The molecular weight excluding hydrogens is 321 g/mol. The van der Waals surface area contributed by atoms with E-state index < -0.39 is 22.6 Å². The van der Waals surface area contributed by atoms with Gasteiger partial charge in [-0.3, -0.25) is 4.79 Å². The van der Waals surface area contributed by atoms with E-state index in [1.165, 1.54) is 4.90 Å². The van der Waals surface area contributed by atoms with Gasteiger partial charge in [0.1, 0.15) is 5.60 Å². The van der Waals surface area contributed by atoms with Crippen molar-refractivity contribution in [2.75, 3.05) is 13.1 Å². The number of alkyl halides is 1. The van der Waals surface area contributed by atoms with Crippen LogP contribution < -0.4 is 0 Å². The Kier molecular flexibility index (Phi) is 10.3. The van der Waals surface area contributed by atoms with E-state index in [9.17, 15) is 14.0 Å². The number of nitrogens with zero attached hydrogens (tertiary/aromatic N) is 1. The first-order chi connectivity index (χ1) is 10.1. The first-order valence-electron chi connectivity index (χ1n) is 6.71. The van der Waals surface area contributed by atoms with Crippen LogP contribution in [0.25, 0.3) is 0 Å². The van der Waals surface area contributed by atoms with Gasteiger partial charge in [0.05, 0.1) is 0 Å². The number of halogens is 2. The van der Waals surface area contributed by atoms with E-state index in [1.807, 2.05) is 0 Å². The molecule has 0 N–H and O–H groups in total. The van der Waals surface area contributed by atoms with Gasteiger partial charge in [-0.25, -0.2) is 9.18 Å². The minimum atomic E-state index is -2.00. The third-order valence-electron chi connectivity index (χ3n) is 2.74. The highest BCUT2D eigenvalue weighted by molar-refractivity contribution is 6.65. The van der Waals surface area contributed by atoms with Crippen molar-refractivity contribution in [2.45, 2.75) is 52.3 Å². The molecule has 0 aromatic carbocycles. The van der Waals surface area contributed by atoms with Crippen molar-refractivity contribution in [2.24, 2.45) is 0 Å². The van der Waals surface area contributed by atoms with Crippen molar-refractivity contribution in [1.29, 1.82) is 0 Å². The van der Waals surface area contributed by atoms with Crippen LogP contribution >= 0.6 is 11.6 Å². The van der Waals surface area contributed by atoms with Crippen LogP contribution in [0, 0.1) is 0 Å². The summed E-state index contributed by atoms with van der Waals surface area (Å²) in [5.41, 5.74) is 4.50. The smallest absolute Gasteiger partial charge is 0.410 e. The number of hydrogen-bond acceptors (Lipinski definition) is 3. The van der Waals surface area contributed by atoms with Crippen molar-refractivity contribution in [1.82, 2.24) is 4.90 Å². The van der Waals surface area contributed by atoms with Gasteiger partial charge in [-0.2, -0.15) is 0 Å². The molecule has 130 valence electrons. The molecule has 1 rings (SSSR count). The molecule has 0 aliphatic carbocycles. The summed E-state index contributed by atoms with van der Waals surface area (Å²) in [5, 5.41) is -0.985. The number of piperidine rings is 1. The highest BCUT2D eigenvalue weighted by atomic mass is 35.5. The van der Waals surface area contributed by atoms with E-state index in [4.69, 9.17) is 16.3 Å². The van der Waals surface area contributed by atoms with Gasteiger partial charge in [0, 0.05) is 25.9 Å². The van der Waals surface area contributed by atoms with Crippen LogP contribution in [0.3, 0.4) is 0 Å². The van der Waals surface area contributed by atoms with Crippen molar-refractivity contribution >= 4 is 22.9 Å². The number of hydrogen-bond donors (Lipinski definition) is 0. The number of rotatable bonds is 1. The molecule has 1 aliphatic rings. The zero-order valence-electron chi connectivity index (χ0n) is 13.2. The normalized spacial score (nSPS) is 15.4. The number of ether oxygens (including phenoxy) is 1. The zero-order valence-corrected chi connectivity index (χ0v) is 13.9. The largest absolute Gasteiger partial charge is 0.444 e. The van der Waals surface area contributed by atoms with E-state index in [-0.39, 0.29) is 33.4 Å². The van der Waals surface area contributed by atoms with Crippen LogP contribution in [0.4, 0.5) is 9.18 Å². The summed E-state index contributed by atoms with van der Waals surface area (Å²) in [4.78, 5) is 23.9. The number of amides is 1. The van der Waals surface area contributed by atoms with Crippen LogP contribution in [-0.4, -0.2) is 40.6 Å². The van der Waals surface area contributed by atoms with Crippen LogP contribution in [0.2, 0.25) is 0 Å². The first-order valence-corrected chi connectivity index (χ1v) is 7.09. The van der Waals surface area contributed by atoms with Crippen LogP contribution in [0.15, 0.2) is 30.4 Å². The Balaban J connectivity index is 0. The molecule has 4 nitrogen and oxygen atoms in total. The molecule has 0 aromatic rings. The topological polar surface area (TPSA) is 46.6 Å². The molecule has 0 atom stereocenters. The molecular formula is C17H25ClFNO3. The minimum Gasteiger partial charge on any atom is -0.444 e. The van der Waals surface area contributed by atoms with Crippen molar-refractivity contribution < 1.29 is 18.7 Å². The van der Waals surface area contributed by atoms with Gasteiger partial charge >= 0.3 is 6.09 Å². The summed E-state index contributed by atoms with van der Waals surface area (Å²) >= 11 is 5.18. The van der Waals surface area contributed by atoms with Gasteiger partial charge in [-0.05, 0) is 51.3 Å². The lowest BCUT2D eigenvalue weighted by Crippen LogP contribution is -2.48. The minimum absolute atomic E-state index is 0. The Labute approximate surface area is 142 Å². The van der Waals surface area contributed by atoms with Gasteiger partial charge in [0.2, 0.25) is 0 Å². The maximum absolute atomic E-state index is 13.8. The molecule has 0 bridgehead atoms. The van der Waals surface area contributed by atoms with E-state index in [0.717, 1.165) is 0 Å². The number of carbonyl (C=O) groups is 2. The molecule has 0 spiro atoms. The molecule has 1 fully saturated rings. The zero-order chi connectivity index (χ0) is 17.4. The molecule has 1 saturated heterocycles. The first kappa shape index (κ1) is 23.5. The van der Waals surface area contributed by atoms with E-state index >= 15 is 0 Å². The molecule has 0 saturated carbocycles. The maximum atomic E-state index is 13.8. The highest BCUT2D eigenvalue weighted by Crippen LogP contribution is 2.29. The summed E-state index contributed by atoms with van der Waals surface area (Å²) in [5.74, 6) is 0. The van der Waals surface area contributed by atoms with Crippen molar-refractivity contribution in [3.63, 3.8) is 0 Å². The fourth-order valence-electron chi connectivity index (χ4n) is 1.63. The standard InChI is InChI=1S/C11H17ClFNO3.C5H4.CH4/c1-10(2,3)17-9(16)14-6-4-11(13,5-7-14)8(12)15;1-3-5-4-2;/h4-7H2,1-3H3;1-2H2;1H4. The van der Waals surface area contributed by atoms with Crippen molar-refractivity contribution in [3.8, 4) is 0 Å². The summed E-state index contributed by atoms with van der Waals surface area (Å²) in [6, 6.07) is 0. The molecule has 23 heavy (non-hydrogen) atoms. The molecule has 6 heteroatoms. The van der Waals surface area contributed by atoms with Gasteiger partial charge in [-0.1, -0.05) is 18.9 Å². The molecule has 1 aliphatic heterocycles. The average molecular weight is 346 g/mol. The van der Waals surface area contributed by atoms with E-state index in [1.54, 1.807) is 20.8 Å². The lowest BCUT2D eigenvalue weighted by molar-refractivity contribution is -0.125. The Morgan fingerprint density at radius 2 is 1.65 bits per heavy atom. The Morgan fingerprint density at radius 3 is 1.91 bits per heavy atom. The SMILES string of the molecule is C.C=C=C=C=C.CC(C)(C)OC(=O)N1CCC(F)(C(=O)Cl)CC1. The van der Waals surface area contributed by atoms with Gasteiger partial charge in [0.15, 0.2) is 5.67 Å². The third-order valence-corrected chi connectivity index (χ3v) is 3.08. The second kappa shape index (κ2) is 10.1. The molecule has 1 amide bonds. The van der Waals surface area contributed by atoms with Gasteiger partial charge in [-0.15, -0.1) is 0 Å². The quantitative estimate of drug-likeness (QED) is 0.523. The molecule has 0 aromatic heterocycles.